The Morgan fingerprint density at radius 3 is 2.41 bits per heavy atom. The number of rotatable bonds is 6. The van der Waals surface area contributed by atoms with Crippen molar-refractivity contribution in [1.29, 1.82) is 0 Å². The van der Waals surface area contributed by atoms with Gasteiger partial charge in [-0.15, -0.1) is 0 Å². The zero-order chi connectivity index (χ0) is 36.7. The van der Waals surface area contributed by atoms with Crippen molar-refractivity contribution >= 4 is 34.4 Å². The van der Waals surface area contributed by atoms with Crippen LogP contribution in [-0.4, -0.2) is 43.6 Å². The lowest BCUT2D eigenvalue weighted by molar-refractivity contribution is -0.141. The van der Waals surface area contributed by atoms with Crippen molar-refractivity contribution < 1.29 is 33.0 Å². The van der Waals surface area contributed by atoms with Crippen molar-refractivity contribution in [3.05, 3.63) is 97.8 Å². The van der Waals surface area contributed by atoms with Gasteiger partial charge in [0.2, 0.25) is 11.8 Å². The summed E-state index contributed by atoms with van der Waals surface area (Å²) in [5, 5.41) is 13.5. The first kappa shape index (κ1) is 33.4. The molecule has 7 rings (SSSR count). The number of aromatic hydroxyl groups is 1. The number of hydrogen-bond donors (Lipinski definition) is 2. The molecule has 262 valence electrons. The van der Waals surface area contributed by atoms with Gasteiger partial charge in [0.25, 0.3) is 5.56 Å². The van der Waals surface area contributed by atoms with Gasteiger partial charge in [-0.1, -0.05) is 18.2 Å². The Hall–Kier alpha value is -6.05. The number of pyridine rings is 1. The molecular formula is C37H33F2N5O7. The van der Waals surface area contributed by atoms with Crippen LogP contribution in [0.5, 0.6) is 11.5 Å². The minimum atomic E-state index is -3.92. The van der Waals surface area contributed by atoms with Crippen LogP contribution in [0.1, 0.15) is 41.1 Å². The summed E-state index contributed by atoms with van der Waals surface area (Å²) in [4.78, 5) is 64.5. The lowest BCUT2D eigenvalue weighted by Crippen LogP contribution is -2.44. The highest BCUT2D eigenvalue weighted by atomic mass is 19.3. The van der Waals surface area contributed by atoms with E-state index in [1.54, 1.807) is 57.4 Å². The second-order valence-electron chi connectivity index (χ2n) is 12.9. The SMILES string of the molecule is COc1cc(-c2cn(C)c(=O)c(C)c2C)cc(O)c1CN1C(=O)C(F)(F)c2cc(-c3cccc4c3n(C)c(=O)n4C3CCC(=O)NC3=O)ccc21. The molecule has 4 heterocycles. The Labute approximate surface area is 289 Å². The van der Waals surface area contributed by atoms with Crippen molar-refractivity contribution in [1.82, 2.24) is 19.0 Å². The maximum absolute atomic E-state index is 15.8. The van der Waals surface area contributed by atoms with Crippen LogP contribution in [-0.2, 0) is 40.9 Å². The number of aryl methyl sites for hydroxylation is 2. The number of piperidine rings is 1. The van der Waals surface area contributed by atoms with Crippen LogP contribution in [0, 0.1) is 13.8 Å². The number of nitrogens with one attached hydrogen (secondary N) is 1. The Kier molecular flexibility index (Phi) is 7.73. The Balaban J connectivity index is 1.29. The van der Waals surface area contributed by atoms with Crippen LogP contribution in [0.3, 0.4) is 0 Å². The molecule has 0 spiro atoms. The molecule has 2 aliphatic heterocycles. The molecular weight excluding hydrogens is 664 g/mol. The Bertz CT molecular complexity index is 2480. The summed E-state index contributed by atoms with van der Waals surface area (Å²) in [6, 6.07) is 11.2. The fourth-order valence-electron chi connectivity index (χ4n) is 7.20. The highest BCUT2D eigenvalue weighted by Crippen LogP contribution is 2.48. The third-order valence-corrected chi connectivity index (χ3v) is 10.0. The zero-order valence-electron chi connectivity index (χ0n) is 28.3. The fraction of sp³-hybridized carbons (Fsp3) is 0.270. The summed E-state index contributed by atoms with van der Waals surface area (Å²) in [7, 11) is 4.49. The van der Waals surface area contributed by atoms with E-state index in [2.05, 4.69) is 5.32 Å². The number of nitrogens with zero attached hydrogens (tertiary/aromatic N) is 4. The summed E-state index contributed by atoms with van der Waals surface area (Å²) in [6.45, 7) is 3.06. The van der Waals surface area contributed by atoms with Crippen molar-refractivity contribution in [3.8, 4) is 33.8 Å². The average molecular weight is 698 g/mol. The van der Waals surface area contributed by atoms with E-state index in [1.807, 2.05) is 0 Å². The Morgan fingerprint density at radius 1 is 0.961 bits per heavy atom. The molecule has 5 aromatic rings. The first-order chi connectivity index (χ1) is 24.1. The molecule has 0 aliphatic carbocycles. The molecule has 0 bridgehead atoms. The van der Waals surface area contributed by atoms with E-state index in [0.29, 0.717) is 44.4 Å². The fourth-order valence-corrected chi connectivity index (χ4v) is 7.20. The highest BCUT2D eigenvalue weighted by molar-refractivity contribution is 6.07. The molecule has 2 N–H and O–H groups in total. The van der Waals surface area contributed by atoms with Crippen LogP contribution in [0.25, 0.3) is 33.3 Å². The van der Waals surface area contributed by atoms with E-state index in [0.717, 1.165) is 4.90 Å². The van der Waals surface area contributed by atoms with Gasteiger partial charge in [0.05, 0.1) is 41.5 Å². The van der Waals surface area contributed by atoms with E-state index in [-0.39, 0.29) is 41.2 Å². The number of benzene rings is 3. The summed E-state index contributed by atoms with van der Waals surface area (Å²) >= 11 is 0. The third-order valence-electron chi connectivity index (χ3n) is 10.0. The average Bonchev–Trinajstić information content (AvgIpc) is 3.46. The number of anilines is 1. The maximum Gasteiger partial charge on any atom is 0.352 e. The number of halogens is 2. The number of aromatic nitrogens is 3. The predicted octanol–water partition coefficient (Wildman–Crippen LogP) is 4.32. The first-order valence-corrected chi connectivity index (χ1v) is 16.1. The number of carbonyl (C=O) groups excluding carboxylic acids is 3. The number of fused-ring (bicyclic) bond motifs is 2. The maximum atomic E-state index is 15.8. The molecule has 1 fully saturated rings. The van der Waals surface area contributed by atoms with Crippen molar-refractivity contribution in [2.75, 3.05) is 12.0 Å². The first-order valence-electron chi connectivity index (χ1n) is 16.1. The summed E-state index contributed by atoms with van der Waals surface area (Å²) in [6.07, 6.45) is 1.83. The number of carbonyl (C=O) groups is 3. The molecule has 51 heavy (non-hydrogen) atoms. The lowest BCUT2D eigenvalue weighted by atomic mass is 9.97. The molecule has 0 saturated carbocycles. The van der Waals surface area contributed by atoms with Crippen LogP contribution < -0.4 is 26.2 Å². The number of methoxy groups -OCH3 is 1. The number of hydrogen-bond acceptors (Lipinski definition) is 7. The minimum Gasteiger partial charge on any atom is -0.507 e. The van der Waals surface area contributed by atoms with Gasteiger partial charge >= 0.3 is 17.5 Å². The van der Waals surface area contributed by atoms with Gasteiger partial charge in [-0.3, -0.25) is 33.6 Å². The molecule has 1 saturated heterocycles. The zero-order valence-corrected chi connectivity index (χ0v) is 28.3. The number of phenolic OH excluding ortho intramolecular Hbond substituents is 1. The van der Waals surface area contributed by atoms with Gasteiger partial charge in [-0.05, 0) is 67.3 Å². The van der Waals surface area contributed by atoms with Crippen LogP contribution in [0.4, 0.5) is 14.5 Å². The number of alkyl halides is 2. The second kappa shape index (κ2) is 11.8. The number of imidazole rings is 1. The lowest BCUT2D eigenvalue weighted by Gasteiger charge is -2.22. The highest BCUT2D eigenvalue weighted by Gasteiger charge is 2.53. The van der Waals surface area contributed by atoms with Gasteiger partial charge < -0.3 is 19.3 Å². The van der Waals surface area contributed by atoms with Gasteiger partial charge in [-0.25, -0.2) is 4.79 Å². The number of ether oxygens (including phenoxy) is 1. The van der Waals surface area contributed by atoms with Crippen LogP contribution >= 0.6 is 0 Å². The van der Waals surface area contributed by atoms with Crippen LogP contribution in [0.2, 0.25) is 0 Å². The second-order valence-corrected chi connectivity index (χ2v) is 12.9. The Morgan fingerprint density at radius 2 is 1.71 bits per heavy atom. The summed E-state index contributed by atoms with van der Waals surface area (Å²) < 4.78 is 41.3. The summed E-state index contributed by atoms with van der Waals surface area (Å²) in [5.74, 6) is -6.56. The van der Waals surface area contributed by atoms with Gasteiger partial charge in [0.15, 0.2) is 0 Å². The van der Waals surface area contributed by atoms with Crippen LogP contribution in [0.15, 0.2) is 64.3 Å². The molecule has 3 aromatic carbocycles. The van der Waals surface area contributed by atoms with Gasteiger partial charge in [-0.2, -0.15) is 8.78 Å². The number of phenols is 1. The predicted molar refractivity (Wildman–Crippen MR) is 184 cm³/mol. The molecule has 2 aliphatic rings. The van der Waals surface area contributed by atoms with Gasteiger partial charge in [0, 0.05) is 43.4 Å². The number of amides is 3. The van der Waals surface area contributed by atoms with E-state index in [9.17, 15) is 29.1 Å². The van der Waals surface area contributed by atoms with E-state index >= 15 is 8.78 Å². The molecule has 2 aromatic heterocycles. The standard InChI is InChI=1S/C37H33F2N5O7/c1-18-19(2)34(48)41(3)16-23(18)21-14-29(45)24(30(15-21)51-5)17-43-26-10-9-20(13-25(26)37(38,39)35(43)49)22-7-6-8-27-32(22)42(4)36(50)44(27)28-11-12-31(46)40-33(28)47/h6-10,13-16,28,45H,11-12,17H2,1-5H3,(H,40,46,47). The summed E-state index contributed by atoms with van der Waals surface area (Å²) in [5.41, 5.74) is 2.73. The normalized spacial score (nSPS) is 16.9. The minimum absolute atomic E-state index is 0.0612. The molecule has 12 nitrogen and oxygen atoms in total. The molecule has 1 atom stereocenters. The van der Waals surface area contributed by atoms with Gasteiger partial charge in [0.1, 0.15) is 17.5 Å². The van der Waals surface area contributed by atoms with Crippen molar-refractivity contribution in [3.63, 3.8) is 0 Å². The number of imide groups is 1. The molecule has 14 heteroatoms. The molecule has 0 radical (unpaired) electrons. The molecule has 3 amide bonds. The van der Waals surface area contributed by atoms with E-state index < -0.39 is 47.5 Å². The van der Waals surface area contributed by atoms with E-state index in [4.69, 9.17) is 4.74 Å². The third kappa shape index (κ3) is 5.03. The van der Waals surface area contributed by atoms with Crippen molar-refractivity contribution in [2.45, 2.75) is 45.2 Å². The monoisotopic (exact) mass is 697 g/mol. The quantitative estimate of drug-likeness (QED) is 0.252. The smallest absolute Gasteiger partial charge is 0.352 e. The topological polar surface area (TPSA) is 145 Å². The molecule has 1 unspecified atom stereocenters. The van der Waals surface area contributed by atoms with Crippen molar-refractivity contribution in [2.24, 2.45) is 14.1 Å². The largest absolute Gasteiger partial charge is 0.507 e. The van der Waals surface area contributed by atoms with E-state index in [1.165, 1.54) is 46.1 Å². The number of para-hydroxylation sites is 1.